The standard InChI is InChI=1S/C22H18BrNOS/c23-22(26-19-14-8-3-9-15-19)20(18-12-6-2-7-13-18)24(21(22)25)16-17-10-4-1-5-11-17/h1-15,20H,16H2/t20-,22+/m1/s1. The Morgan fingerprint density at radius 3 is 2.00 bits per heavy atom. The third-order valence-corrected chi connectivity index (χ3v) is 7.00. The Labute approximate surface area is 166 Å². The topological polar surface area (TPSA) is 20.3 Å². The summed E-state index contributed by atoms with van der Waals surface area (Å²) >= 11 is 5.38. The van der Waals surface area contributed by atoms with Crippen LogP contribution in [0.25, 0.3) is 0 Å². The number of benzene rings is 3. The molecule has 0 bridgehead atoms. The molecule has 2 atom stereocenters. The Hall–Kier alpha value is -2.04. The zero-order valence-electron chi connectivity index (χ0n) is 14.1. The predicted octanol–water partition coefficient (Wildman–Crippen LogP) is 5.65. The lowest BCUT2D eigenvalue weighted by Gasteiger charge is -2.52. The molecule has 0 aromatic heterocycles. The van der Waals surface area contributed by atoms with Crippen LogP contribution in [-0.4, -0.2) is 14.5 Å². The minimum absolute atomic E-state index is 0.0263. The van der Waals surface area contributed by atoms with Crippen LogP contribution in [0.4, 0.5) is 0 Å². The van der Waals surface area contributed by atoms with E-state index in [-0.39, 0.29) is 11.9 Å². The molecule has 130 valence electrons. The van der Waals surface area contributed by atoms with E-state index in [4.69, 9.17) is 0 Å². The smallest absolute Gasteiger partial charge is 0.253 e. The summed E-state index contributed by atoms with van der Waals surface area (Å²) in [5, 5.41) is 0. The number of carbonyl (C=O) groups excluding carboxylic acids is 1. The Morgan fingerprint density at radius 1 is 0.846 bits per heavy atom. The Kier molecular flexibility index (Phi) is 4.88. The number of rotatable bonds is 5. The molecule has 4 heteroatoms. The summed E-state index contributed by atoms with van der Waals surface area (Å²) < 4.78 is -0.676. The lowest BCUT2D eigenvalue weighted by Crippen LogP contribution is -2.62. The molecule has 3 aromatic rings. The zero-order chi connectivity index (χ0) is 18.0. The monoisotopic (exact) mass is 423 g/mol. The molecule has 2 nitrogen and oxygen atoms in total. The number of thioether (sulfide) groups is 1. The predicted molar refractivity (Wildman–Crippen MR) is 110 cm³/mol. The van der Waals surface area contributed by atoms with Crippen molar-refractivity contribution in [1.82, 2.24) is 4.90 Å². The van der Waals surface area contributed by atoms with E-state index in [0.717, 1.165) is 16.0 Å². The van der Waals surface area contributed by atoms with E-state index in [1.165, 1.54) is 0 Å². The number of halogens is 1. The van der Waals surface area contributed by atoms with Crippen molar-refractivity contribution in [2.45, 2.75) is 21.1 Å². The van der Waals surface area contributed by atoms with Crippen LogP contribution in [-0.2, 0) is 11.3 Å². The second-order valence-corrected chi connectivity index (χ2v) is 9.39. The molecule has 1 amide bonds. The van der Waals surface area contributed by atoms with Gasteiger partial charge in [0.2, 0.25) is 0 Å². The fourth-order valence-electron chi connectivity index (χ4n) is 3.30. The van der Waals surface area contributed by atoms with E-state index >= 15 is 0 Å². The number of amides is 1. The quantitative estimate of drug-likeness (QED) is 0.390. The molecule has 0 saturated carbocycles. The molecular weight excluding hydrogens is 406 g/mol. The highest BCUT2D eigenvalue weighted by Crippen LogP contribution is 2.58. The van der Waals surface area contributed by atoms with Gasteiger partial charge in [0, 0.05) is 11.4 Å². The lowest BCUT2D eigenvalue weighted by atomic mass is 9.92. The molecule has 1 fully saturated rings. The van der Waals surface area contributed by atoms with E-state index in [0.29, 0.717) is 6.54 Å². The van der Waals surface area contributed by atoms with Gasteiger partial charge < -0.3 is 4.90 Å². The summed E-state index contributed by atoms with van der Waals surface area (Å²) in [5.74, 6) is 0.115. The fourth-order valence-corrected chi connectivity index (χ4v) is 5.81. The van der Waals surface area contributed by atoms with E-state index in [2.05, 4.69) is 40.2 Å². The van der Waals surface area contributed by atoms with Gasteiger partial charge in [-0.25, -0.2) is 0 Å². The molecule has 0 aliphatic carbocycles. The maximum absolute atomic E-state index is 13.1. The van der Waals surface area contributed by atoms with Crippen LogP contribution in [0.2, 0.25) is 0 Å². The number of β-lactam (4-membered cyclic amide) rings is 1. The Bertz CT molecular complexity index is 888. The van der Waals surface area contributed by atoms with Gasteiger partial charge in [0.1, 0.15) is 0 Å². The third kappa shape index (κ3) is 3.19. The number of hydrogen-bond acceptors (Lipinski definition) is 2. The number of carbonyl (C=O) groups is 1. The van der Waals surface area contributed by atoms with Crippen molar-refractivity contribution in [2.24, 2.45) is 0 Å². The first-order valence-electron chi connectivity index (χ1n) is 8.51. The van der Waals surface area contributed by atoms with E-state index in [1.807, 2.05) is 71.6 Å². The average Bonchev–Trinajstić information content (AvgIpc) is 2.69. The molecule has 0 unspecified atom stereocenters. The van der Waals surface area contributed by atoms with Crippen molar-refractivity contribution >= 4 is 33.6 Å². The molecule has 4 rings (SSSR count). The maximum atomic E-state index is 13.1. The summed E-state index contributed by atoms with van der Waals surface area (Å²) in [6, 6.07) is 30.4. The van der Waals surface area contributed by atoms with Crippen molar-refractivity contribution in [3.05, 3.63) is 102 Å². The van der Waals surface area contributed by atoms with Crippen LogP contribution in [0.1, 0.15) is 17.2 Å². The van der Waals surface area contributed by atoms with Crippen LogP contribution >= 0.6 is 27.7 Å². The summed E-state index contributed by atoms with van der Waals surface area (Å²) in [7, 11) is 0. The van der Waals surface area contributed by atoms with Gasteiger partial charge in [0.25, 0.3) is 5.91 Å². The first-order valence-corrected chi connectivity index (χ1v) is 10.1. The molecule has 1 heterocycles. The van der Waals surface area contributed by atoms with E-state index in [1.54, 1.807) is 11.8 Å². The van der Waals surface area contributed by atoms with E-state index < -0.39 is 3.66 Å². The SMILES string of the molecule is O=C1N(Cc2ccccc2)[C@H](c2ccccc2)[C@]1(Br)Sc1ccccc1. The Morgan fingerprint density at radius 2 is 1.38 bits per heavy atom. The maximum Gasteiger partial charge on any atom is 0.253 e. The Balaban J connectivity index is 1.66. The van der Waals surface area contributed by atoms with Crippen LogP contribution in [0.15, 0.2) is 95.9 Å². The number of nitrogens with zero attached hydrogens (tertiary/aromatic N) is 1. The summed E-state index contributed by atoms with van der Waals surface area (Å²) in [4.78, 5) is 16.2. The average molecular weight is 424 g/mol. The molecule has 1 aliphatic heterocycles. The highest BCUT2D eigenvalue weighted by molar-refractivity contribution is 9.12. The molecular formula is C22H18BrNOS. The molecule has 0 N–H and O–H groups in total. The molecule has 3 aromatic carbocycles. The summed E-state index contributed by atoms with van der Waals surface area (Å²) in [5.41, 5.74) is 2.28. The van der Waals surface area contributed by atoms with Gasteiger partial charge in [-0.2, -0.15) is 0 Å². The third-order valence-electron chi connectivity index (χ3n) is 4.54. The zero-order valence-corrected chi connectivity index (χ0v) is 16.5. The van der Waals surface area contributed by atoms with E-state index in [9.17, 15) is 4.79 Å². The second kappa shape index (κ2) is 7.29. The highest BCUT2D eigenvalue weighted by atomic mass is 79.9. The van der Waals surface area contributed by atoms with Gasteiger partial charge in [0.15, 0.2) is 3.66 Å². The minimum Gasteiger partial charge on any atom is -0.326 e. The fraction of sp³-hybridized carbons (Fsp3) is 0.136. The van der Waals surface area contributed by atoms with Gasteiger partial charge in [0.05, 0.1) is 6.04 Å². The minimum atomic E-state index is -0.676. The van der Waals surface area contributed by atoms with Gasteiger partial charge in [-0.05, 0) is 23.3 Å². The van der Waals surface area contributed by atoms with Crippen molar-refractivity contribution in [2.75, 3.05) is 0 Å². The molecule has 0 spiro atoms. The van der Waals surface area contributed by atoms with Crippen LogP contribution in [0.3, 0.4) is 0 Å². The van der Waals surface area contributed by atoms with Gasteiger partial charge in [-0.15, -0.1) is 0 Å². The van der Waals surface area contributed by atoms with Crippen molar-refractivity contribution in [3.8, 4) is 0 Å². The molecule has 26 heavy (non-hydrogen) atoms. The van der Waals surface area contributed by atoms with Crippen molar-refractivity contribution in [3.63, 3.8) is 0 Å². The molecule has 1 saturated heterocycles. The number of likely N-dealkylation sites (tertiary alicyclic amines) is 1. The first-order chi connectivity index (χ1) is 12.7. The van der Waals surface area contributed by atoms with Crippen LogP contribution in [0, 0.1) is 0 Å². The summed E-state index contributed by atoms with van der Waals surface area (Å²) in [6.07, 6.45) is 0. The largest absolute Gasteiger partial charge is 0.326 e. The normalized spacial score (nSPS) is 22.1. The number of hydrogen-bond donors (Lipinski definition) is 0. The molecule has 0 radical (unpaired) electrons. The van der Waals surface area contributed by atoms with Crippen LogP contribution in [0.5, 0.6) is 0 Å². The van der Waals surface area contributed by atoms with Gasteiger partial charge >= 0.3 is 0 Å². The number of alkyl halides is 1. The molecule has 1 aliphatic rings. The summed E-state index contributed by atoms with van der Waals surface area (Å²) in [6.45, 7) is 0.613. The highest BCUT2D eigenvalue weighted by Gasteiger charge is 2.60. The van der Waals surface area contributed by atoms with Crippen LogP contribution < -0.4 is 0 Å². The first kappa shape index (κ1) is 17.4. The van der Waals surface area contributed by atoms with Crippen molar-refractivity contribution in [1.29, 1.82) is 0 Å². The van der Waals surface area contributed by atoms with Gasteiger partial charge in [-0.1, -0.05) is 107 Å². The second-order valence-electron chi connectivity index (χ2n) is 6.29. The van der Waals surface area contributed by atoms with Gasteiger partial charge in [-0.3, -0.25) is 4.79 Å². The lowest BCUT2D eigenvalue weighted by molar-refractivity contribution is -0.147. The van der Waals surface area contributed by atoms with Crippen molar-refractivity contribution < 1.29 is 4.79 Å².